The van der Waals surface area contributed by atoms with Gasteiger partial charge in [-0.3, -0.25) is 9.59 Å². The third kappa shape index (κ3) is 3.92. The molecule has 1 amide bonds. The van der Waals surface area contributed by atoms with Gasteiger partial charge in [0.1, 0.15) is 19.0 Å². The van der Waals surface area contributed by atoms with E-state index in [-0.39, 0.29) is 30.6 Å². The first-order chi connectivity index (χ1) is 14.1. The number of ether oxygens (including phenoxy) is 3. The van der Waals surface area contributed by atoms with E-state index in [1.165, 1.54) is 5.56 Å². The summed E-state index contributed by atoms with van der Waals surface area (Å²) in [5.74, 6) is 2.02. The van der Waals surface area contributed by atoms with Crippen molar-refractivity contribution in [1.29, 1.82) is 0 Å². The van der Waals surface area contributed by atoms with Crippen molar-refractivity contribution in [2.75, 3.05) is 26.9 Å². The van der Waals surface area contributed by atoms with Crippen LogP contribution in [0.25, 0.3) is 0 Å². The van der Waals surface area contributed by atoms with Gasteiger partial charge in [0.25, 0.3) is 0 Å². The fraction of sp³-hybridized carbons (Fsp3) is 0.391. The van der Waals surface area contributed by atoms with Gasteiger partial charge in [0, 0.05) is 24.9 Å². The number of nitrogens with zero attached hydrogens (tertiary/aromatic N) is 1. The van der Waals surface area contributed by atoms with Crippen molar-refractivity contribution in [2.45, 2.75) is 32.2 Å². The molecular formula is C23H25NO5. The third-order valence-corrected chi connectivity index (χ3v) is 5.64. The zero-order valence-corrected chi connectivity index (χ0v) is 16.8. The van der Waals surface area contributed by atoms with Crippen molar-refractivity contribution in [3.8, 4) is 17.2 Å². The summed E-state index contributed by atoms with van der Waals surface area (Å²) in [4.78, 5) is 27.3. The van der Waals surface area contributed by atoms with E-state index in [0.29, 0.717) is 36.8 Å². The molecule has 0 bridgehead atoms. The molecular weight excluding hydrogens is 370 g/mol. The molecule has 2 heterocycles. The van der Waals surface area contributed by atoms with Crippen molar-refractivity contribution in [2.24, 2.45) is 0 Å². The van der Waals surface area contributed by atoms with Gasteiger partial charge in [-0.2, -0.15) is 0 Å². The van der Waals surface area contributed by atoms with E-state index >= 15 is 0 Å². The fourth-order valence-corrected chi connectivity index (χ4v) is 4.00. The summed E-state index contributed by atoms with van der Waals surface area (Å²) in [6.07, 6.45) is 1.17. The lowest BCUT2D eigenvalue weighted by Crippen LogP contribution is -2.38. The predicted molar refractivity (Wildman–Crippen MR) is 108 cm³/mol. The number of amides is 1. The molecule has 152 valence electrons. The largest absolute Gasteiger partial charge is 0.497 e. The highest BCUT2D eigenvalue weighted by molar-refractivity contribution is 5.98. The minimum atomic E-state index is -0.0647. The highest BCUT2D eigenvalue weighted by Gasteiger charge is 2.28. The Balaban J connectivity index is 1.38. The van der Waals surface area contributed by atoms with Gasteiger partial charge in [-0.25, -0.2) is 0 Å². The zero-order valence-electron chi connectivity index (χ0n) is 16.8. The number of rotatable bonds is 5. The Kier molecular flexibility index (Phi) is 5.43. The van der Waals surface area contributed by atoms with Crippen molar-refractivity contribution >= 4 is 11.7 Å². The Morgan fingerprint density at radius 1 is 1.07 bits per heavy atom. The van der Waals surface area contributed by atoms with Crippen molar-refractivity contribution in [1.82, 2.24) is 4.90 Å². The lowest BCUT2D eigenvalue weighted by Gasteiger charge is -2.35. The number of hydrogen-bond acceptors (Lipinski definition) is 5. The lowest BCUT2D eigenvalue weighted by atomic mass is 9.92. The topological polar surface area (TPSA) is 65.1 Å². The smallest absolute Gasteiger partial charge is 0.223 e. The number of fused-ring (bicyclic) bond motifs is 2. The highest BCUT2D eigenvalue weighted by Crippen LogP contribution is 2.33. The molecule has 1 unspecified atom stereocenters. The average molecular weight is 395 g/mol. The Morgan fingerprint density at radius 2 is 1.86 bits per heavy atom. The minimum Gasteiger partial charge on any atom is -0.497 e. The number of Topliss-reactive ketones (excluding diaryl/α,β-unsaturated/α-hetero) is 1. The number of methoxy groups -OCH3 is 1. The first-order valence-corrected chi connectivity index (χ1v) is 9.96. The summed E-state index contributed by atoms with van der Waals surface area (Å²) < 4.78 is 16.3. The Labute approximate surface area is 170 Å². The third-order valence-electron chi connectivity index (χ3n) is 5.64. The molecule has 0 aromatic heterocycles. The molecule has 0 aliphatic carbocycles. The fourth-order valence-electron chi connectivity index (χ4n) is 4.00. The monoisotopic (exact) mass is 395 g/mol. The summed E-state index contributed by atoms with van der Waals surface area (Å²) in [6, 6.07) is 11.2. The lowest BCUT2D eigenvalue weighted by molar-refractivity contribution is -0.133. The quantitative estimate of drug-likeness (QED) is 0.724. The van der Waals surface area contributed by atoms with Gasteiger partial charge in [-0.05, 0) is 54.8 Å². The van der Waals surface area contributed by atoms with Crippen LogP contribution in [-0.2, 0) is 11.2 Å². The van der Waals surface area contributed by atoms with Gasteiger partial charge < -0.3 is 19.1 Å². The number of ketones is 1. The van der Waals surface area contributed by atoms with Crippen LogP contribution >= 0.6 is 0 Å². The summed E-state index contributed by atoms with van der Waals surface area (Å²) >= 11 is 0. The maximum atomic E-state index is 12.8. The number of carbonyl (C=O) groups is 2. The Morgan fingerprint density at radius 3 is 2.66 bits per heavy atom. The van der Waals surface area contributed by atoms with Gasteiger partial charge in [-0.1, -0.05) is 6.07 Å². The average Bonchev–Trinajstić information content (AvgIpc) is 2.76. The molecule has 29 heavy (non-hydrogen) atoms. The molecule has 0 spiro atoms. The van der Waals surface area contributed by atoms with Gasteiger partial charge >= 0.3 is 0 Å². The normalized spacial score (nSPS) is 17.4. The van der Waals surface area contributed by atoms with Crippen LogP contribution in [0.2, 0.25) is 0 Å². The van der Waals surface area contributed by atoms with Gasteiger partial charge in [0.05, 0.1) is 13.2 Å². The van der Waals surface area contributed by atoms with Crippen LogP contribution in [0.1, 0.15) is 47.3 Å². The number of benzene rings is 2. The minimum absolute atomic E-state index is 0.00450. The van der Waals surface area contributed by atoms with Crippen LogP contribution in [-0.4, -0.2) is 43.5 Å². The molecule has 0 N–H and O–H groups in total. The summed E-state index contributed by atoms with van der Waals surface area (Å²) in [6.45, 7) is 3.67. The molecule has 2 aromatic rings. The van der Waals surface area contributed by atoms with E-state index in [2.05, 4.69) is 0 Å². The number of hydrogen-bond donors (Lipinski definition) is 0. The SMILES string of the molecule is COc1ccc2c(c1)CCN(C(=O)CCC(=O)c1ccc3c(c1)OCCO3)C2C. The standard InChI is InChI=1S/C23H25NO5/c1-15-19-5-4-18(27-2)13-16(19)9-10-24(15)23(26)8-6-20(25)17-3-7-21-22(14-17)29-12-11-28-21/h3-5,7,13-15H,6,8-12H2,1-2H3. The number of carbonyl (C=O) groups excluding carboxylic acids is 2. The molecule has 0 fully saturated rings. The highest BCUT2D eigenvalue weighted by atomic mass is 16.6. The Bertz CT molecular complexity index is 939. The van der Waals surface area contributed by atoms with Crippen LogP contribution in [0, 0.1) is 0 Å². The van der Waals surface area contributed by atoms with E-state index in [1.807, 2.05) is 30.0 Å². The zero-order chi connectivity index (χ0) is 20.4. The van der Waals surface area contributed by atoms with Gasteiger partial charge in [0.15, 0.2) is 17.3 Å². The van der Waals surface area contributed by atoms with Crippen LogP contribution in [0.3, 0.4) is 0 Å². The molecule has 6 heteroatoms. The molecule has 1 atom stereocenters. The van der Waals surface area contributed by atoms with Crippen molar-refractivity contribution in [3.63, 3.8) is 0 Å². The van der Waals surface area contributed by atoms with E-state index in [4.69, 9.17) is 14.2 Å². The van der Waals surface area contributed by atoms with E-state index in [1.54, 1.807) is 25.3 Å². The predicted octanol–water partition coefficient (Wildman–Crippen LogP) is 3.58. The Hall–Kier alpha value is -3.02. The molecule has 2 aliphatic heterocycles. The first kappa shape index (κ1) is 19.3. The van der Waals surface area contributed by atoms with E-state index < -0.39 is 0 Å². The van der Waals surface area contributed by atoms with E-state index in [0.717, 1.165) is 17.7 Å². The second-order valence-corrected chi connectivity index (χ2v) is 7.36. The molecule has 2 aromatic carbocycles. The molecule has 0 saturated heterocycles. The van der Waals surface area contributed by atoms with Crippen molar-refractivity contribution < 1.29 is 23.8 Å². The maximum Gasteiger partial charge on any atom is 0.223 e. The van der Waals surface area contributed by atoms with Crippen molar-refractivity contribution in [3.05, 3.63) is 53.1 Å². The molecule has 6 nitrogen and oxygen atoms in total. The second-order valence-electron chi connectivity index (χ2n) is 7.36. The second kappa shape index (κ2) is 8.15. The van der Waals surface area contributed by atoms with Crippen LogP contribution < -0.4 is 14.2 Å². The summed E-state index contributed by atoms with van der Waals surface area (Å²) in [7, 11) is 1.66. The van der Waals surface area contributed by atoms with Gasteiger partial charge in [-0.15, -0.1) is 0 Å². The summed E-state index contributed by atoms with van der Waals surface area (Å²) in [5.41, 5.74) is 2.91. The molecule has 2 aliphatic rings. The molecule has 0 radical (unpaired) electrons. The van der Waals surface area contributed by atoms with Crippen LogP contribution in [0.15, 0.2) is 36.4 Å². The molecule has 0 saturated carbocycles. The van der Waals surface area contributed by atoms with E-state index in [9.17, 15) is 9.59 Å². The van der Waals surface area contributed by atoms with Crippen LogP contribution in [0.4, 0.5) is 0 Å². The first-order valence-electron chi connectivity index (χ1n) is 9.96. The molecule has 4 rings (SSSR count). The van der Waals surface area contributed by atoms with Gasteiger partial charge in [0.2, 0.25) is 5.91 Å². The maximum absolute atomic E-state index is 12.8. The summed E-state index contributed by atoms with van der Waals surface area (Å²) in [5, 5.41) is 0. The van der Waals surface area contributed by atoms with Crippen LogP contribution in [0.5, 0.6) is 17.2 Å².